The lowest BCUT2D eigenvalue weighted by molar-refractivity contribution is 0.0190. The number of carbonyl (C=O) groups excluding carboxylic acids is 1. The van der Waals surface area contributed by atoms with E-state index in [2.05, 4.69) is 16.8 Å². The summed E-state index contributed by atoms with van der Waals surface area (Å²) in [6, 6.07) is 16.3. The van der Waals surface area contributed by atoms with Crippen molar-refractivity contribution < 1.29 is 9.53 Å². The molecular formula is C22H27N3O2. The highest BCUT2D eigenvalue weighted by molar-refractivity contribution is 5.95. The Balaban J connectivity index is 1.54. The van der Waals surface area contributed by atoms with Crippen molar-refractivity contribution in [2.45, 2.75) is 6.04 Å². The summed E-state index contributed by atoms with van der Waals surface area (Å²) < 4.78 is 5.48. The summed E-state index contributed by atoms with van der Waals surface area (Å²) in [7, 11) is 3.84. The van der Waals surface area contributed by atoms with Gasteiger partial charge in [-0.3, -0.25) is 9.69 Å². The van der Waals surface area contributed by atoms with E-state index in [1.165, 1.54) is 0 Å². The molecule has 142 valence electrons. The summed E-state index contributed by atoms with van der Waals surface area (Å²) in [5, 5.41) is 0. The highest BCUT2D eigenvalue weighted by Gasteiger charge is 2.33. The minimum Gasteiger partial charge on any atom is -0.496 e. The first-order chi connectivity index (χ1) is 13.2. The van der Waals surface area contributed by atoms with Crippen molar-refractivity contribution in [1.82, 2.24) is 14.7 Å². The molecule has 2 fully saturated rings. The minimum absolute atomic E-state index is 0.125. The van der Waals surface area contributed by atoms with Gasteiger partial charge in [0.05, 0.1) is 7.11 Å². The summed E-state index contributed by atoms with van der Waals surface area (Å²) in [5.41, 5.74) is 2.76. The second-order valence-electron chi connectivity index (χ2n) is 7.48. The number of ether oxygens (including phenoxy) is 1. The largest absolute Gasteiger partial charge is 0.496 e. The van der Waals surface area contributed by atoms with Gasteiger partial charge in [-0.15, -0.1) is 0 Å². The third-order valence-electron chi connectivity index (χ3n) is 5.71. The Morgan fingerprint density at radius 3 is 2.67 bits per heavy atom. The summed E-state index contributed by atoms with van der Waals surface area (Å²) in [6.45, 7) is 5.83. The highest BCUT2D eigenvalue weighted by atomic mass is 16.5. The Morgan fingerprint density at radius 2 is 1.81 bits per heavy atom. The Hall–Kier alpha value is -2.37. The smallest absolute Gasteiger partial charge is 0.253 e. The molecule has 1 amide bonds. The molecule has 2 saturated heterocycles. The normalized spacial score (nSPS) is 21.0. The predicted octanol–water partition coefficient (Wildman–Crippen LogP) is 2.43. The zero-order valence-electron chi connectivity index (χ0n) is 16.1. The van der Waals surface area contributed by atoms with Crippen molar-refractivity contribution in [3.63, 3.8) is 0 Å². The maximum absolute atomic E-state index is 13.2. The van der Waals surface area contributed by atoms with Gasteiger partial charge in [-0.1, -0.05) is 30.3 Å². The monoisotopic (exact) mass is 365 g/mol. The zero-order chi connectivity index (χ0) is 18.8. The minimum atomic E-state index is 0.125. The number of nitrogens with zero attached hydrogens (tertiary/aromatic N) is 3. The fourth-order valence-electron chi connectivity index (χ4n) is 4.18. The van der Waals surface area contributed by atoms with Gasteiger partial charge in [0.15, 0.2) is 0 Å². The van der Waals surface area contributed by atoms with E-state index in [1.54, 1.807) is 7.11 Å². The Morgan fingerprint density at radius 1 is 1.00 bits per heavy atom. The molecule has 2 aliphatic heterocycles. The van der Waals surface area contributed by atoms with E-state index in [0.717, 1.165) is 61.7 Å². The maximum atomic E-state index is 13.2. The molecule has 0 aliphatic carbocycles. The van der Waals surface area contributed by atoms with Crippen LogP contribution in [0.1, 0.15) is 10.4 Å². The lowest BCUT2D eigenvalue weighted by Crippen LogP contribution is -2.62. The molecule has 2 aliphatic rings. The van der Waals surface area contributed by atoms with Crippen molar-refractivity contribution >= 4 is 5.91 Å². The third kappa shape index (κ3) is 3.70. The molecule has 0 bridgehead atoms. The molecule has 4 rings (SSSR count). The quantitative estimate of drug-likeness (QED) is 0.837. The van der Waals surface area contributed by atoms with Crippen LogP contribution in [0.15, 0.2) is 48.5 Å². The average molecular weight is 365 g/mol. The summed E-state index contributed by atoms with van der Waals surface area (Å²) in [6.07, 6.45) is 0. The number of hydrogen-bond acceptors (Lipinski definition) is 4. The van der Waals surface area contributed by atoms with Crippen LogP contribution >= 0.6 is 0 Å². The van der Waals surface area contributed by atoms with Crippen LogP contribution in [-0.4, -0.2) is 80.1 Å². The highest BCUT2D eigenvalue weighted by Crippen LogP contribution is 2.30. The number of hydrogen-bond donors (Lipinski definition) is 0. The molecule has 0 saturated carbocycles. The van der Waals surface area contributed by atoms with Gasteiger partial charge in [-0.2, -0.15) is 0 Å². The Labute approximate surface area is 161 Å². The number of rotatable bonds is 3. The van der Waals surface area contributed by atoms with Crippen molar-refractivity contribution in [2.24, 2.45) is 0 Å². The van der Waals surface area contributed by atoms with E-state index in [-0.39, 0.29) is 5.91 Å². The van der Waals surface area contributed by atoms with Crippen molar-refractivity contribution in [3.05, 3.63) is 54.1 Å². The van der Waals surface area contributed by atoms with Crippen molar-refractivity contribution in [2.75, 3.05) is 53.4 Å². The number of likely N-dealkylation sites (N-methyl/N-ethyl adjacent to an activating group) is 1. The molecule has 2 aromatic rings. The Kier molecular flexibility index (Phi) is 5.14. The summed E-state index contributed by atoms with van der Waals surface area (Å²) in [5.74, 6) is 0.945. The molecule has 2 heterocycles. The molecule has 27 heavy (non-hydrogen) atoms. The van der Waals surface area contributed by atoms with E-state index in [9.17, 15) is 4.79 Å². The number of piperazine rings is 2. The molecule has 5 nitrogen and oxygen atoms in total. The lowest BCUT2D eigenvalue weighted by atomic mass is 10.0. The first-order valence-electron chi connectivity index (χ1n) is 9.61. The van der Waals surface area contributed by atoms with Crippen LogP contribution in [0.5, 0.6) is 5.75 Å². The predicted molar refractivity (Wildman–Crippen MR) is 107 cm³/mol. The van der Waals surface area contributed by atoms with Gasteiger partial charge in [0.25, 0.3) is 5.91 Å². The van der Waals surface area contributed by atoms with E-state index >= 15 is 0 Å². The number of para-hydroxylation sites is 1. The van der Waals surface area contributed by atoms with Gasteiger partial charge in [-0.25, -0.2) is 0 Å². The molecular weight excluding hydrogens is 338 g/mol. The number of benzene rings is 2. The van der Waals surface area contributed by atoms with Crippen LogP contribution in [0.25, 0.3) is 11.1 Å². The number of methoxy groups -OCH3 is 1. The average Bonchev–Trinajstić information content (AvgIpc) is 2.72. The third-order valence-corrected chi connectivity index (χ3v) is 5.71. The molecule has 0 spiro atoms. The number of amides is 1. The van der Waals surface area contributed by atoms with E-state index in [4.69, 9.17) is 4.74 Å². The van der Waals surface area contributed by atoms with Gasteiger partial charge in [0, 0.05) is 56.4 Å². The van der Waals surface area contributed by atoms with Gasteiger partial charge < -0.3 is 14.5 Å². The van der Waals surface area contributed by atoms with Gasteiger partial charge in [0.2, 0.25) is 0 Å². The fourth-order valence-corrected chi connectivity index (χ4v) is 4.18. The first-order valence-corrected chi connectivity index (χ1v) is 9.61. The van der Waals surface area contributed by atoms with Gasteiger partial charge >= 0.3 is 0 Å². The topological polar surface area (TPSA) is 36.0 Å². The lowest BCUT2D eigenvalue weighted by Gasteiger charge is -2.46. The van der Waals surface area contributed by atoms with Crippen molar-refractivity contribution in [1.29, 1.82) is 0 Å². The van der Waals surface area contributed by atoms with Crippen LogP contribution in [0.3, 0.4) is 0 Å². The van der Waals surface area contributed by atoms with E-state index < -0.39 is 0 Å². The molecule has 0 N–H and O–H groups in total. The molecule has 5 heteroatoms. The summed E-state index contributed by atoms with van der Waals surface area (Å²) >= 11 is 0. The molecule has 1 atom stereocenters. The van der Waals surface area contributed by atoms with Crippen LogP contribution in [0, 0.1) is 0 Å². The van der Waals surface area contributed by atoms with Crippen LogP contribution in [-0.2, 0) is 0 Å². The molecule has 0 unspecified atom stereocenters. The number of fused-ring (bicyclic) bond motifs is 1. The van der Waals surface area contributed by atoms with Crippen molar-refractivity contribution in [3.8, 4) is 16.9 Å². The first kappa shape index (κ1) is 18.0. The molecule has 0 aromatic heterocycles. The second kappa shape index (κ2) is 7.71. The van der Waals surface area contributed by atoms with E-state index in [0.29, 0.717) is 6.04 Å². The maximum Gasteiger partial charge on any atom is 0.253 e. The SMILES string of the molecule is COc1ccccc1-c1cccc(C(=O)N2CCN3CCN(C)C[C@@H]3C2)c1. The van der Waals surface area contributed by atoms with Crippen LogP contribution in [0.2, 0.25) is 0 Å². The van der Waals surface area contributed by atoms with Gasteiger partial charge in [0.1, 0.15) is 5.75 Å². The second-order valence-corrected chi connectivity index (χ2v) is 7.48. The van der Waals surface area contributed by atoms with Gasteiger partial charge in [-0.05, 0) is 30.8 Å². The zero-order valence-corrected chi connectivity index (χ0v) is 16.1. The molecule has 2 aromatic carbocycles. The van der Waals surface area contributed by atoms with E-state index in [1.807, 2.05) is 53.4 Å². The standard InChI is InChI=1S/C22H27N3O2/c1-23-10-11-24-12-13-25(16-19(24)15-23)22(26)18-7-5-6-17(14-18)20-8-3-4-9-21(20)27-2/h3-9,14,19H,10-13,15-16H2,1-2H3/t19-/m1/s1. The Bertz CT molecular complexity index is 823. The fraction of sp³-hybridized carbons (Fsp3) is 0.409. The van der Waals surface area contributed by atoms with Crippen LogP contribution < -0.4 is 4.74 Å². The number of carbonyl (C=O) groups is 1. The molecule has 0 radical (unpaired) electrons. The van der Waals surface area contributed by atoms with Crippen LogP contribution in [0.4, 0.5) is 0 Å². The summed E-state index contributed by atoms with van der Waals surface area (Å²) in [4.78, 5) is 20.1.